The second-order valence-corrected chi connectivity index (χ2v) is 9.76. The van der Waals surface area contributed by atoms with Crippen molar-refractivity contribution in [1.29, 1.82) is 0 Å². The van der Waals surface area contributed by atoms with Crippen LogP contribution in [0.4, 0.5) is 0 Å². The molecular formula is C22H12Br2O2S. The van der Waals surface area contributed by atoms with Gasteiger partial charge in [0, 0.05) is 31.2 Å². The Bertz CT molecular complexity index is 1050. The van der Waals surface area contributed by atoms with Crippen molar-refractivity contribution >= 4 is 55.8 Å². The van der Waals surface area contributed by atoms with E-state index < -0.39 is 0 Å². The Kier molecular flexibility index (Phi) is 3.56. The summed E-state index contributed by atoms with van der Waals surface area (Å²) in [5, 5.41) is 0. The average Bonchev–Trinajstić information content (AvgIpc) is 3.36. The minimum atomic E-state index is 0.0139. The minimum Gasteiger partial charge on any atom is -0.487 e. The third-order valence-electron chi connectivity index (χ3n) is 5.26. The van der Waals surface area contributed by atoms with Gasteiger partial charge in [0.15, 0.2) is 0 Å². The number of halogens is 2. The van der Waals surface area contributed by atoms with Gasteiger partial charge in [-0.2, -0.15) is 0 Å². The van der Waals surface area contributed by atoms with Gasteiger partial charge in [0.1, 0.15) is 12.2 Å². The summed E-state index contributed by atoms with van der Waals surface area (Å²) in [7, 11) is 0. The first kappa shape index (κ1) is 16.3. The number of ether oxygens (including phenoxy) is 2. The molecule has 0 N–H and O–H groups in total. The van der Waals surface area contributed by atoms with Crippen molar-refractivity contribution in [3.63, 3.8) is 0 Å². The van der Waals surface area contributed by atoms with E-state index in [0.717, 1.165) is 18.8 Å². The highest BCUT2D eigenvalue weighted by Gasteiger charge is 2.38. The van der Waals surface area contributed by atoms with Crippen molar-refractivity contribution in [3.05, 3.63) is 101 Å². The van der Waals surface area contributed by atoms with Crippen LogP contribution in [0, 0.1) is 0 Å². The van der Waals surface area contributed by atoms with Gasteiger partial charge in [-0.05, 0) is 47.5 Å². The van der Waals surface area contributed by atoms with Gasteiger partial charge in [0.2, 0.25) is 0 Å². The Balaban J connectivity index is 1.29. The van der Waals surface area contributed by atoms with Crippen LogP contribution in [0.2, 0.25) is 0 Å². The van der Waals surface area contributed by atoms with Crippen LogP contribution in [0.25, 0.3) is 12.2 Å². The smallest absolute Gasteiger partial charge is 0.150 e. The molecule has 0 amide bonds. The monoisotopic (exact) mass is 498 g/mol. The third-order valence-corrected chi connectivity index (χ3v) is 7.35. The molecule has 2 aliphatic carbocycles. The molecule has 27 heavy (non-hydrogen) atoms. The molecule has 6 rings (SSSR count). The first-order valence-electron chi connectivity index (χ1n) is 8.59. The van der Waals surface area contributed by atoms with Crippen molar-refractivity contribution in [1.82, 2.24) is 0 Å². The second-order valence-electron chi connectivity index (χ2n) is 6.84. The van der Waals surface area contributed by atoms with Crippen molar-refractivity contribution in [2.24, 2.45) is 0 Å². The van der Waals surface area contributed by atoms with Gasteiger partial charge in [-0.25, -0.2) is 0 Å². The third kappa shape index (κ3) is 2.45. The number of benzene rings is 2. The largest absolute Gasteiger partial charge is 0.487 e. The van der Waals surface area contributed by atoms with Crippen LogP contribution < -0.4 is 0 Å². The number of thioether (sulfide) groups is 1. The molecule has 0 aromatic heterocycles. The fraction of sp³-hybridized carbons (Fsp3) is 0.0909. The first-order valence-corrected chi connectivity index (χ1v) is 11.0. The maximum atomic E-state index is 5.99. The average molecular weight is 500 g/mol. The van der Waals surface area contributed by atoms with Gasteiger partial charge in [-0.15, -0.1) is 0 Å². The Morgan fingerprint density at radius 1 is 0.704 bits per heavy atom. The molecule has 0 spiro atoms. The molecule has 132 valence electrons. The number of fused-ring (bicyclic) bond motifs is 6. The first-order chi connectivity index (χ1) is 13.2. The lowest BCUT2D eigenvalue weighted by Gasteiger charge is -2.10. The molecule has 0 saturated carbocycles. The van der Waals surface area contributed by atoms with Gasteiger partial charge >= 0.3 is 0 Å². The molecule has 0 saturated heterocycles. The summed E-state index contributed by atoms with van der Waals surface area (Å²) in [5.74, 6) is 0. The summed E-state index contributed by atoms with van der Waals surface area (Å²) in [6, 6.07) is 12.7. The topological polar surface area (TPSA) is 18.5 Å². The molecule has 2 aromatic rings. The highest BCUT2D eigenvalue weighted by molar-refractivity contribution is 9.10. The van der Waals surface area contributed by atoms with Crippen LogP contribution in [-0.4, -0.2) is 0 Å². The second kappa shape index (κ2) is 5.90. The van der Waals surface area contributed by atoms with Crippen molar-refractivity contribution in [2.45, 2.75) is 12.2 Å². The van der Waals surface area contributed by atoms with Gasteiger partial charge in [0.05, 0.1) is 22.3 Å². The minimum absolute atomic E-state index is 0.0139. The highest BCUT2D eigenvalue weighted by Crippen LogP contribution is 2.55. The van der Waals surface area contributed by atoms with Crippen molar-refractivity contribution in [3.8, 4) is 0 Å². The lowest BCUT2D eigenvalue weighted by Crippen LogP contribution is -1.96. The van der Waals surface area contributed by atoms with Gasteiger partial charge in [-0.3, -0.25) is 0 Å². The molecule has 0 fully saturated rings. The summed E-state index contributed by atoms with van der Waals surface area (Å²) in [6.45, 7) is 0. The molecule has 2 atom stereocenters. The molecule has 2 aliphatic heterocycles. The van der Waals surface area contributed by atoms with Crippen LogP contribution in [0.1, 0.15) is 34.5 Å². The zero-order chi connectivity index (χ0) is 18.1. The van der Waals surface area contributed by atoms with Crippen LogP contribution in [0.15, 0.2) is 78.8 Å². The van der Waals surface area contributed by atoms with Crippen LogP contribution >= 0.6 is 43.6 Å². The van der Waals surface area contributed by atoms with Gasteiger partial charge in [0.25, 0.3) is 0 Å². The summed E-state index contributed by atoms with van der Waals surface area (Å²) in [5.41, 5.74) is 7.37. The Morgan fingerprint density at radius 2 is 1.19 bits per heavy atom. The molecule has 4 aliphatic rings. The lowest BCUT2D eigenvalue weighted by atomic mass is 10.1. The van der Waals surface area contributed by atoms with E-state index in [1.54, 1.807) is 11.8 Å². The SMILES string of the molecule is Brc1ccc2c(c1)C=C1C(SC3=COC4C3=Cc3cc(Br)ccc34)=COC12. The zero-order valence-electron chi connectivity index (χ0n) is 13.9. The molecule has 0 radical (unpaired) electrons. The van der Waals surface area contributed by atoms with E-state index in [4.69, 9.17) is 9.47 Å². The quantitative estimate of drug-likeness (QED) is 0.433. The van der Waals surface area contributed by atoms with E-state index >= 15 is 0 Å². The van der Waals surface area contributed by atoms with E-state index in [-0.39, 0.29) is 12.2 Å². The Morgan fingerprint density at radius 3 is 1.67 bits per heavy atom. The maximum absolute atomic E-state index is 5.99. The summed E-state index contributed by atoms with van der Waals surface area (Å²) in [6.07, 6.45) is 8.28. The van der Waals surface area contributed by atoms with Crippen LogP contribution in [0.3, 0.4) is 0 Å². The standard InChI is InChI=1S/C22H12Br2O2S/c23-13-1-3-15-11(5-13)7-17-19(9-25-21(15)17)27-20-10-26-22-16-4-2-14(24)6-12(16)8-18(20)22/h1-10,21-22H. The fourth-order valence-corrected chi connectivity index (χ4v) is 5.78. The lowest BCUT2D eigenvalue weighted by molar-refractivity contribution is 0.203. The predicted octanol–water partition coefficient (Wildman–Crippen LogP) is 7.26. The van der Waals surface area contributed by atoms with E-state index in [0.29, 0.717) is 0 Å². The molecule has 2 heterocycles. The van der Waals surface area contributed by atoms with E-state index in [2.05, 4.69) is 80.4 Å². The molecule has 0 bridgehead atoms. The molecular weight excluding hydrogens is 488 g/mol. The van der Waals surface area contributed by atoms with E-state index in [1.807, 2.05) is 12.5 Å². The van der Waals surface area contributed by atoms with E-state index in [9.17, 15) is 0 Å². The fourth-order valence-electron chi connectivity index (χ4n) is 4.01. The molecule has 2 aromatic carbocycles. The van der Waals surface area contributed by atoms with Crippen molar-refractivity contribution in [2.75, 3.05) is 0 Å². The normalized spacial score (nSPS) is 23.3. The maximum Gasteiger partial charge on any atom is 0.150 e. The highest BCUT2D eigenvalue weighted by atomic mass is 79.9. The van der Waals surface area contributed by atoms with Crippen LogP contribution in [-0.2, 0) is 9.47 Å². The van der Waals surface area contributed by atoms with Gasteiger partial charge < -0.3 is 9.47 Å². The van der Waals surface area contributed by atoms with Crippen molar-refractivity contribution < 1.29 is 9.47 Å². The number of hydrogen-bond acceptors (Lipinski definition) is 3. The Labute approximate surface area is 177 Å². The zero-order valence-corrected chi connectivity index (χ0v) is 17.9. The molecule has 5 heteroatoms. The Hall–Kier alpha value is -1.69. The molecule has 2 nitrogen and oxygen atoms in total. The number of hydrogen-bond donors (Lipinski definition) is 0. The van der Waals surface area contributed by atoms with Crippen LogP contribution in [0.5, 0.6) is 0 Å². The summed E-state index contributed by atoms with van der Waals surface area (Å²) < 4.78 is 14.2. The summed E-state index contributed by atoms with van der Waals surface area (Å²) >= 11 is 8.84. The number of rotatable bonds is 2. The van der Waals surface area contributed by atoms with Gasteiger partial charge in [-0.1, -0.05) is 55.8 Å². The van der Waals surface area contributed by atoms with E-state index in [1.165, 1.54) is 33.4 Å². The molecule has 2 unspecified atom stereocenters. The summed E-state index contributed by atoms with van der Waals surface area (Å²) in [4.78, 5) is 2.31. The predicted molar refractivity (Wildman–Crippen MR) is 116 cm³/mol.